The Morgan fingerprint density at radius 3 is 2.23 bits per heavy atom. The Bertz CT molecular complexity index is 869. The van der Waals surface area contributed by atoms with E-state index in [1.807, 2.05) is 85.6 Å². The van der Waals surface area contributed by atoms with E-state index in [-0.39, 0.29) is 0 Å². The molecule has 0 bridgehead atoms. The van der Waals surface area contributed by atoms with Crippen LogP contribution in [0.5, 0.6) is 0 Å². The lowest BCUT2D eigenvalue weighted by Gasteiger charge is -2.01. The third kappa shape index (κ3) is 9.77. The van der Waals surface area contributed by atoms with Crippen LogP contribution in [0.25, 0.3) is 16.9 Å². The van der Waals surface area contributed by atoms with E-state index in [0.29, 0.717) is 0 Å². The van der Waals surface area contributed by atoms with Crippen LogP contribution in [-0.4, -0.2) is 24.1 Å². The summed E-state index contributed by atoms with van der Waals surface area (Å²) in [4.78, 5) is 8.73. The van der Waals surface area contributed by atoms with Crippen LogP contribution < -0.4 is 0 Å². The fraction of sp³-hybridized carbons (Fsp3) is 0.500. The number of hydrogen-bond donors (Lipinski definition) is 0. The van der Waals surface area contributed by atoms with Crippen LogP contribution in [0.3, 0.4) is 0 Å². The van der Waals surface area contributed by atoms with Gasteiger partial charge in [-0.05, 0) is 20.3 Å². The first-order valence-electron chi connectivity index (χ1n) is 11.8. The summed E-state index contributed by atoms with van der Waals surface area (Å²) >= 11 is 0. The Morgan fingerprint density at radius 2 is 1.61 bits per heavy atom. The summed E-state index contributed by atoms with van der Waals surface area (Å²) in [7, 11) is 0. The molecule has 3 aromatic heterocycles. The number of aromatic nitrogens is 5. The van der Waals surface area contributed by atoms with Crippen molar-refractivity contribution in [3.05, 3.63) is 60.5 Å². The van der Waals surface area contributed by atoms with Crippen LogP contribution in [0.15, 0.2) is 54.8 Å². The maximum atomic E-state index is 4.46. The first-order chi connectivity index (χ1) is 15.2. The highest BCUT2D eigenvalue weighted by atomic mass is 15.3. The number of nitrogens with zero attached hydrogens (tertiary/aromatic N) is 5. The smallest absolute Gasteiger partial charge is 0.158 e. The van der Waals surface area contributed by atoms with E-state index in [1.54, 1.807) is 6.20 Å². The van der Waals surface area contributed by atoms with Gasteiger partial charge < -0.3 is 0 Å². The number of allylic oxidation sites excluding steroid dienone is 4. The number of hydrogen-bond acceptors (Lipinski definition) is 3. The second-order valence-electron chi connectivity index (χ2n) is 5.63. The minimum atomic E-state index is 0.783. The topological polar surface area (TPSA) is 48.0 Å². The quantitative estimate of drug-likeness (QED) is 0.388. The second-order valence-corrected chi connectivity index (χ2v) is 5.63. The molecule has 0 saturated heterocycles. The number of aryl methyl sites for hydroxylation is 1. The Hall–Kier alpha value is -2.69. The molecule has 0 radical (unpaired) electrons. The highest BCUT2D eigenvalue weighted by Gasteiger charge is 2.09. The average Bonchev–Trinajstić information content (AvgIpc) is 3.47. The summed E-state index contributed by atoms with van der Waals surface area (Å²) in [6.07, 6.45) is 17.0. The van der Waals surface area contributed by atoms with Crippen molar-refractivity contribution in [2.24, 2.45) is 0 Å². The molecule has 0 unspecified atom stereocenters. The van der Waals surface area contributed by atoms with Gasteiger partial charge in [-0.15, -0.1) is 0 Å². The molecule has 31 heavy (non-hydrogen) atoms. The molecule has 174 valence electrons. The van der Waals surface area contributed by atoms with Crippen LogP contribution in [0.1, 0.15) is 81.4 Å². The monoisotopic (exact) mass is 427 g/mol. The van der Waals surface area contributed by atoms with Gasteiger partial charge in [0.2, 0.25) is 0 Å². The van der Waals surface area contributed by atoms with Crippen LogP contribution in [0.2, 0.25) is 0 Å². The van der Waals surface area contributed by atoms with E-state index in [0.717, 1.165) is 35.6 Å². The van der Waals surface area contributed by atoms with Crippen molar-refractivity contribution in [2.75, 3.05) is 0 Å². The van der Waals surface area contributed by atoms with Gasteiger partial charge in [0.25, 0.3) is 0 Å². The summed E-state index contributed by atoms with van der Waals surface area (Å²) in [5.74, 6) is 0. The van der Waals surface area contributed by atoms with Crippen molar-refractivity contribution in [1.82, 2.24) is 24.1 Å². The predicted octanol–water partition coefficient (Wildman–Crippen LogP) is 7.92. The van der Waals surface area contributed by atoms with Gasteiger partial charge in [0.15, 0.2) is 5.65 Å². The molecule has 3 rings (SSSR count). The van der Waals surface area contributed by atoms with E-state index in [2.05, 4.69) is 57.7 Å². The van der Waals surface area contributed by atoms with Crippen LogP contribution in [-0.2, 0) is 6.54 Å². The van der Waals surface area contributed by atoms with Crippen molar-refractivity contribution < 1.29 is 0 Å². The van der Waals surface area contributed by atoms with Crippen molar-refractivity contribution in [2.45, 2.75) is 89.1 Å². The Balaban J connectivity index is 0. The first kappa shape index (κ1) is 30.5. The molecule has 3 heterocycles. The van der Waals surface area contributed by atoms with Gasteiger partial charge in [0, 0.05) is 24.2 Å². The van der Waals surface area contributed by atoms with Crippen molar-refractivity contribution in [3.63, 3.8) is 0 Å². The van der Waals surface area contributed by atoms with Crippen LogP contribution in [0.4, 0.5) is 0 Å². The van der Waals surface area contributed by atoms with Gasteiger partial charge in [0.1, 0.15) is 0 Å². The summed E-state index contributed by atoms with van der Waals surface area (Å²) in [5, 5.41) is 4.46. The van der Waals surface area contributed by atoms with Crippen molar-refractivity contribution in [1.29, 1.82) is 0 Å². The lowest BCUT2D eigenvalue weighted by atomic mass is 10.2. The standard InChI is InChI=1S/C18H21N5.4C2H6/c1-4-5-6-7-14(2)12-22-13-16(10-21-22)17-11-20-18-15(3)19-8-9-23(17)18;4*1-2/h5-11,13H,4,12H2,1-3H3;4*1-2H3/b6-5-,14-7+;;;;. The maximum absolute atomic E-state index is 4.46. The molecular weight excluding hydrogens is 382 g/mol. The molecule has 0 aliphatic heterocycles. The Labute approximate surface area is 191 Å². The summed E-state index contributed by atoms with van der Waals surface area (Å²) < 4.78 is 4.00. The van der Waals surface area contributed by atoms with E-state index >= 15 is 0 Å². The lowest BCUT2D eigenvalue weighted by Crippen LogP contribution is -1.98. The van der Waals surface area contributed by atoms with Gasteiger partial charge in [-0.3, -0.25) is 14.1 Å². The minimum absolute atomic E-state index is 0.783. The molecule has 0 fully saturated rings. The molecule has 0 aliphatic carbocycles. The molecule has 0 N–H and O–H groups in total. The maximum Gasteiger partial charge on any atom is 0.158 e. The van der Waals surface area contributed by atoms with Crippen molar-refractivity contribution >= 4 is 5.65 Å². The van der Waals surface area contributed by atoms with E-state index in [9.17, 15) is 0 Å². The predicted molar refractivity (Wildman–Crippen MR) is 138 cm³/mol. The van der Waals surface area contributed by atoms with Crippen LogP contribution >= 0.6 is 0 Å². The summed E-state index contributed by atoms with van der Waals surface area (Å²) in [5.41, 5.74) is 5.16. The zero-order valence-electron chi connectivity index (χ0n) is 21.8. The largest absolute Gasteiger partial charge is 0.297 e. The molecule has 5 heteroatoms. The third-order valence-electron chi connectivity index (χ3n) is 3.70. The van der Waals surface area contributed by atoms with Gasteiger partial charge in [-0.1, -0.05) is 86.1 Å². The Morgan fingerprint density at radius 1 is 0.968 bits per heavy atom. The lowest BCUT2D eigenvalue weighted by molar-refractivity contribution is 0.677. The highest BCUT2D eigenvalue weighted by molar-refractivity contribution is 5.63. The third-order valence-corrected chi connectivity index (χ3v) is 3.70. The molecule has 3 aromatic rings. The molecule has 0 aromatic carbocycles. The number of imidazole rings is 1. The summed E-state index contributed by atoms with van der Waals surface area (Å²) in [6.45, 7) is 23.0. The van der Waals surface area contributed by atoms with Gasteiger partial charge in [0.05, 0.1) is 30.3 Å². The van der Waals surface area contributed by atoms with Crippen molar-refractivity contribution in [3.8, 4) is 11.3 Å². The van der Waals surface area contributed by atoms with E-state index < -0.39 is 0 Å². The van der Waals surface area contributed by atoms with Gasteiger partial charge in [-0.2, -0.15) is 5.10 Å². The van der Waals surface area contributed by atoms with Gasteiger partial charge in [-0.25, -0.2) is 4.98 Å². The highest BCUT2D eigenvalue weighted by Crippen LogP contribution is 2.21. The summed E-state index contributed by atoms with van der Waals surface area (Å²) in [6, 6.07) is 0. The molecule has 0 amide bonds. The normalized spacial score (nSPS) is 10.1. The van der Waals surface area contributed by atoms with Gasteiger partial charge >= 0.3 is 0 Å². The molecule has 0 aliphatic rings. The zero-order chi connectivity index (χ0) is 24.2. The molecule has 0 saturated carbocycles. The second kappa shape index (κ2) is 19.3. The fourth-order valence-electron chi connectivity index (χ4n) is 2.52. The SMILES string of the molecule is CC.CC.CC.CC.CC/C=C\C=C(/C)Cn1cc(-c2cnc3c(C)nccn23)cn1. The average molecular weight is 428 g/mol. The first-order valence-corrected chi connectivity index (χ1v) is 11.8. The number of fused-ring (bicyclic) bond motifs is 1. The van der Waals surface area contributed by atoms with E-state index in [4.69, 9.17) is 0 Å². The molecular formula is C26H45N5. The zero-order valence-corrected chi connectivity index (χ0v) is 21.8. The molecule has 0 spiro atoms. The Kier molecular flexibility index (Phi) is 19.0. The molecule has 0 atom stereocenters. The van der Waals surface area contributed by atoms with E-state index in [1.165, 1.54) is 5.57 Å². The molecule has 5 nitrogen and oxygen atoms in total. The number of rotatable bonds is 5. The van der Waals surface area contributed by atoms with Crippen LogP contribution in [0, 0.1) is 6.92 Å². The fourth-order valence-corrected chi connectivity index (χ4v) is 2.52. The minimum Gasteiger partial charge on any atom is -0.297 e.